The molecular formula is C21H22N2O3. The maximum atomic E-state index is 11.2. The highest BCUT2D eigenvalue weighted by molar-refractivity contribution is 5.70. The summed E-state index contributed by atoms with van der Waals surface area (Å²) in [5, 5.41) is 25.0. The van der Waals surface area contributed by atoms with Crippen LogP contribution in [0.2, 0.25) is 0 Å². The summed E-state index contributed by atoms with van der Waals surface area (Å²) < 4.78 is 0. The summed E-state index contributed by atoms with van der Waals surface area (Å²) in [4.78, 5) is 10.7. The molecular weight excluding hydrogens is 328 g/mol. The first kappa shape index (κ1) is 16.6. The lowest BCUT2D eigenvalue weighted by molar-refractivity contribution is -0.385. The van der Waals surface area contributed by atoms with Gasteiger partial charge in [-0.3, -0.25) is 10.1 Å². The van der Waals surface area contributed by atoms with Gasteiger partial charge in [0.2, 0.25) is 0 Å². The van der Waals surface area contributed by atoms with Crippen molar-refractivity contribution in [3.8, 4) is 5.75 Å². The Morgan fingerprint density at radius 2 is 1.96 bits per heavy atom. The average molecular weight is 350 g/mol. The van der Waals surface area contributed by atoms with Crippen molar-refractivity contribution in [1.29, 1.82) is 0 Å². The summed E-state index contributed by atoms with van der Waals surface area (Å²) >= 11 is 0. The summed E-state index contributed by atoms with van der Waals surface area (Å²) in [7, 11) is 0. The van der Waals surface area contributed by atoms with Crippen LogP contribution in [-0.2, 0) is 0 Å². The largest absolute Gasteiger partial charge is 0.506 e. The van der Waals surface area contributed by atoms with Gasteiger partial charge in [0.25, 0.3) is 5.69 Å². The maximum Gasteiger partial charge on any atom is 0.273 e. The number of hydrogen-bond donors (Lipinski definition) is 2. The number of nitrogens with zero attached hydrogens (tertiary/aromatic N) is 1. The molecule has 0 aromatic heterocycles. The van der Waals surface area contributed by atoms with Crippen LogP contribution in [0.5, 0.6) is 5.75 Å². The van der Waals surface area contributed by atoms with E-state index in [1.807, 2.05) is 0 Å². The van der Waals surface area contributed by atoms with E-state index in [9.17, 15) is 15.2 Å². The van der Waals surface area contributed by atoms with E-state index < -0.39 is 4.92 Å². The molecule has 0 amide bonds. The van der Waals surface area contributed by atoms with Crippen molar-refractivity contribution in [2.75, 3.05) is 5.32 Å². The predicted octanol–water partition coefficient (Wildman–Crippen LogP) is 5.25. The molecule has 3 unspecified atom stereocenters. The zero-order chi connectivity index (χ0) is 18.4. The molecule has 5 nitrogen and oxygen atoms in total. The number of allylic oxidation sites excluding steroid dienone is 2. The van der Waals surface area contributed by atoms with Crippen LogP contribution in [0.25, 0.3) is 0 Å². The third-order valence-electron chi connectivity index (χ3n) is 5.61. The number of phenolic OH excluding ortho intramolecular Hbond substituents is 1. The number of hydrogen-bond acceptors (Lipinski definition) is 4. The van der Waals surface area contributed by atoms with Crippen LogP contribution < -0.4 is 5.32 Å². The fourth-order valence-electron chi connectivity index (χ4n) is 4.19. The first-order chi connectivity index (χ1) is 12.5. The summed E-state index contributed by atoms with van der Waals surface area (Å²) in [5.74, 6) is 0.784. The van der Waals surface area contributed by atoms with Gasteiger partial charge >= 0.3 is 0 Å². The van der Waals surface area contributed by atoms with Crippen molar-refractivity contribution in [3.05, 3.63) is 75.4 Å². The molecule has 0 saturated carbocycles. The number of fused-ring (bicyclic) bond motifs is 3. The molecule has 2 aliphatic rings. The number of phenols is 1. The lowest BCUT2D eigenvalue weighted by atomic mass is 9.76. The van der Waals surface area contributed by atoms with Gasteiger partial charge in [-0.25, -0.2) is 0 Å². The second-order valence-corrected chi connectivity index (χ2v) is 7.48. The Balaban J connectivity index is 1.76. The molecule has 0 spiro atoms. The Hall–Kier alpha value is -2.82. The van der Waals surface area contributed by atoms with Crippen LogP contribution in [0.3, 0.4) is 0 Å². The molecule has 2 N–H and O–H groups in total. The van der Waals surface area contributed by atoms with E-state index in [0.717, 1.165) is 12.0 Å². The highest BCUT2D eigenvalue weighted by atomic mass is 16.6. The highest BCUT2D eigenvalue weighted by Gasteiger charge is 2.39. The third kappa shape index (κ3) is 2.64. The van der Waals surface area contributed by atoms with Gasteiger partial charge in [0.1, 0.15) is 5.75 Å². The fraction of sp³-hybridized carbons (Fsp3) is 0.333. The molecule has 1 heterocycles. The average Bonchev–Trinajstić information content (AvgIpc) is 3.11. The number of non-ortho nitro benzene ring substituents is 1. The van der Waals surface area contributed by atoms with Crippen molar-refractivity contribution in [2.24, 2.45) is 5.92 Å². The molecule has 2 aromatic carbocycles. The lowest BCUT2D eigenvalue weighted by Crippen LogP contribution is -2.29. The molecule has 134 valence electrons. The number of nitro benzene ring substituents is 1. The summed E-state index contributed by atoms with van der Waals surface area (Å²) in [5.41, 5.74) is 3.83. The lowest BCUT2D eigenvalue weighted by Gasteiger charge is -2.37. The minimum atomic E-state index is -0.454. The molecule has 3 atom stereocenters. The molecule has 5 heteroatoms. The molecule has 0 bridgehead atoms. The first-order valence-corrected chi connectivity index (χ1v) is 9.00. The molecule has 0 fully saturated rings. The summed E-state index contributed by atoms with van der Waals surface area (Å²) in [6, 6.07) is 11.5. The van der Waals surface area contributed by atoms with E-state index >= 15 is 0 Å². The molecule has 26 heavy (non-hydrogen) atoms. The fourth-order valence-corrected chi connectivity index (χ4v) is 4.19. The van der Waals surface area contributed by atoms with Gasteiger partial charge in [-0.05, 0) is 34.9 Å². The van der Waals surface area contributed by atoms with Gasteiger partial charge in [-0.15, -0.1) is 0 Å². The van der Waals surface area contributed by atoms with Gasteiger partial charge in [0.15, 0.2) is 0 Å². The van der Waals surface area contributed by atoms with Crippen LogP contribution in [0.1, 0.15) is 54.8 Å². The Bertz CT molecular complexity index is 887. The van der Waals surface area contributed by atoms with Crippen molar-refractivity contribution >= 4 is 11.4 Å². The number of nitrogens with one attached hydrogen (secondary N) is 1. The second-order valence-electron chi connectivity index (χ2n) is 7.48. The van der Waals surface area contributed by atoms with Crippen LogP contribution in [0.15, 0.2) is 48.6 Å². The predicted molar refractivity (Wildman–Crippen MR) is 102 cm³/mol. The zero-order valence-electron chi connectivity index (χ0n) is 14.8. The number of nitro groups is 1. The quantitative estimate of drug-likeness (QED) is 0.343. The Morgan fingerprint density at radius 1 is 1.23 bits per heavy atom. The topological polar surface area (TPSA) is 75.4 Å². The van der Waals surface area contributed by atoms with E-state index in [2.05, 4.69) is 55.6 Å². The Labute approximate surface area is 152 Å². The third-order valence-corrected chi connectivity index (χ3v) is 5.61. The zero-order valence-corrected chi connectivity index (χ0v) is 14.8. The standard InChI is InChI=1S/C21H22N2O3/c1-12(2)13-6-8-14(9-7-13)20-17-5-3-4-16(17)18-10-15(23(25)26)11-19(24)21(18)22-20/h3-4,6-12,16-17,20,22,24H,5H2,1-2H3. The summed E-state index contributed by atoms with van der Waals surface area (Å²) in [6.07, 6.45) is 5.16. The second kappa shape index (κ2) is 6.16. The SMILES string of the molecule is CC(C)c1ccc(C2Nc3c(O)cc([N+](=O)[O-])cc3C3C=CCC32)cc1. The van der Waals surface area contributed by atoms with Crippen LogP contribution in [-0.4, -0.2) is 10.0 Å². The molecule has 4 rings (SSSR count). The van der Waals surface area contributed by atoms with E-state index in [1.54, 1.807) is 6.07 Å². The van der Waals surface area contributed by atoms with E-state index in [-0.39, 0.29) is 29.3 Å². The Morgan fingerprint density at radius 3 is 2.62 bits per heavy atom. The van der Waals surface area contributed by atoms with Crippen molar-refractivity contribution in [1.82, 2.24) is 0 Å². The van der Waals surface area contributed by atoms with Gasteiger partial charge in [-0.1, -0.05) is 50.3 Å². The molecule has 2 aromatic rings. The van der Waals surface area contributed by atoms with Crippen LogP contribution in [0.4, 0.5) is 11.4 Å². The van der Waals surface area contributed by atoms with Crippen LogP contribution in [0, 0.1) is 16.0 Å². The first-order valence-electron chi connectivity index (χ1n) is 9.00. The Kier molecular flexibility index (Phi) is 3.94. The minimum Gasteiger partial charge on any atom is -0.506 e. The van der Waals surface area contributed by atoms with Crippen molar-refractivity contribution < 1.29 is 10.0 Å². The smallest absolute Gasteiger partial charge is 0.273 e. The van der Waals surface area contributed by atoms with Gasteiger partial charge in [0.05, 0.1) is 22.7 Å². The van der Waals surface area contributed by atoms with E-state index in [1.165, 1.54) is 17.2 Å². The van der Waals surface area contributed by atoms with Gasteiger partial charge in [-0.2, -0.15) is 0 Å². The highest BCUT2D eigenvalue weighted by Crippen LogP contribution is 2.53. The molecule has 1 aliphatic carbocycles. The van der Waals surface area contributed by atoms with Gasteiger partial charge in [0, 0.05) is 12.0 Å². The normalized spacial score (nSPS) is 23.4. The number of aromatic hydroxyl groups is 1. The number of rotatable bonds is 3. The molecule has 0 radical (unpaired) electrons. The molecule has 1 aliphatic heterocycles. The number of benzene rings is 2. The van der Waals surface area contributed by atoms with Gasteiger partial charge < -0.3 is 10.4 Å². The minimum absolute atomic E-state index is 0.0586. The maximum absolute atomic E-state index is 11.2. The van der Waals surface area contributed by atoms with E-state index in [4.69, 9.17) is 0 Å². The van der Waals surface area contributed by atoms with Crippen molar-refractivity contribution in [3.63, 3.8) is 0 Å². The molecule has 0 saturated heterocycles. The van der Waals surface area contributed by atoms with Crippen molar-refractivity contribution in [2.45, 2.75) is 38.1 Å². The van der Waals surface area contributed by atoms with Crippen LogP contribution >= 0.6 is 0 Å². The summed E-state index contributed by atoms with van der Waals surface area (Å²) in [6.45, 7) is 4.35. The monoisotopic (exact) mass is 350 g/mol. The van der Waals surface area contributed by atoms with E-state index in [0.29, 0.717) is 11.6 Å². The number of anilines is 1.